The Morgan fingerprint density at radius 2 is 1.33 bits per heavy atom. The number of ether oxygens (including phenoxy) is 4. The molecule has 0 amide bonds. The van der Waals surface area contributed by atoms with Crippen molar-refractivity contribution in [2.24, 2.45) is 23.7 Å². The normalized spacial score (nSPS) is 50.0. The van der Waals surface area contributed by atoms with E-state index in [1.54, 1.807) is 7.11 Å². The number of methoxy groups -OCH3 is 1. The van der Waals surface area contributed by atoms with E-state index in [0.717, 1.165) is 12.8 Å². The number of hydrogen-bond donors (Lipinski definition) is 0. The highest BCUT2D eigenvalue weighted by atomic mass is 16.7. The molecule has 0 aromatic heterocycles. The zero-order valence-corrected chi connectivity index (χ0v) is 16.8. The SMILES string of the molecule is CCC1OC(C)C(C)[C@@H](C)[C@@H]1O[C@@H]1OC(CC)[C@H](C)[C@H](OC)C1C. The second-order valence-electron chi connectivity index (χ2n) is 7.98. The summed E-state index contributed by atoms with van der Waals surface area (Å²) < 4.78 is 24.9. The Hall–Kier alpha value is -0.160. The van der Waals surface area contributed by atoms with E-state index in [4.69, 9.17) is 18.9 Å². The third-order valence-corrected chi connectivity index (χ3v) is 6.57. The molecule has 0 saturated carbocycles. The molecule has 2 saturated heterocycles. The van der Waals surface area contributed by atoms with Gasteiger partial charge < -0.3 is 18.9 Å². The molecular weight excluding hydrogens is 304 g/mol. The predicted molar refractivity (Wildman–Crippen MR) is 95.9 cm³/mol. The van der Waals surface area contributed by atoms with E-state index in [-0.39, 0.29) is 42.7 Å². The first-order valence-electron chi connectivity index (χ1n) is 9.84. The minimum atomic E-state index is -0.221. The maximum absolute atomic E-state index is 6.56. The maximum Gasteiger partial charge on any atom is 0.163 e. The highest BCUT2D eigenvalue weighted by molar-refractivity contribution is 4.90. The van der Waals surface area contributed by atoms with Crippen molar-refractivity contribution in [3.63, 3.8) is 0 Å². The van der Waals surface area contributed by atoms with E-state index < -0.39 is 0 Å². The molecule has 0 spiro atoms. The van der Waals surface area contributed by atoms with Gasteiger partial charge in [0.2, 0.25) is 0 Å². The van der Waals surface area contributed by atoms with Crippen molar-refractivity contribution in [3.05, 3.63) is 0 Å². The first-order chi connectivity index (χ1) is 11.3. The molecule has 0 aromatic carbocycles. The molecule has 0 bridgehead atoms. The molecule has 2 fully saturated rings. The second kappa shape index (κ2) is 8.48. The van der Waals surface area contributed by atoms with Crippen molar-refractivity contribution in [2.75, 3.05) is 7.11 Å². The fourth-order valence-electron chi connectivity index (χ4n) is 4.56. The molecule has 2 rings (SSSR count). The Labute approximate surface area is 148 Å². The first-order valence-corrected chi connectivity index (χ1v) is 9.84. The smallest absolute Gasteiger partial charge is 0.163 e. The highest BCUT2D eigenvalue weighted by Crippen LogP contribution is 2.39. The van der Waals surface area contributed by atoms with Crippen LogP contribution >= 0.6 is 0 Å². The average molecular weight is 343 g/mol. The summed E-state index contributed by atoms with van der Waals surface area (Å²) in [5.74, 6) is 1.54. The van der Waals surface area contributed by atoms with Crippen LogP contribution < -0.4 is 0 Å². The third kappa shape index (κ3) is 3.82. The molecule has 4 nitrogen and oxygen atoms in total. The van der Waals surface area contributed by atoms with E-state index >= 15 is 0 Å². The fraction of sp³-hybridized carbons (Fsp3) is 1.00. The molecule has 142 valence electrons. The number of rotatable bonds is 5. The van der Waals surface area contributed by atoms with Crippen LogP contribution in [0, 0.1) is 23.7 Å². The van der Waals surface area contributed by atoms with Gasteiger partial charge in [0, 0.05) is 18.9 Å². The monoisotopic (exact) mass is 342 g/mol. The van der Waals surface area contributed by atoms with Crippen molar-refractivity contribution in [1.29, 1.82) is 0 Å². The Morgan fingerprint density at radius 1 is 0.708 bits per heavy atom. The van der Waals surface area contributed by atoms with E-state index in [1.165, 1.54) is 0 Å². The van der Waals surface area contributed by atoms with Gasteiger partial charge in [-0.25, -0.2) is 0 Å². The van der Waals surface area contributed by atoms with Gasteiger partial charge in [-0.05, 0) is 31.6 Å². The van der Waals surface area contributed by atoms with Gasteiger partial charge in [-0.15, -0.1) is 0 Å². The molecule has 10 atom stereocenters. The van der Waals surface area contributed by atoms with Gasteiger partial charge in [0.1, 0.15) is 0 Å². The van der Waals surface area contributed by atoms with Crippen LogP contribution in [-0.4, -0.2) is 43.9 Å². The lowest BCUT2D eigenvalue weighted by molar-refractivity contribution is -0.309. The minimum absolute atomic E-state index is 0.0806. The van der Waals surface area contributed by atoms with Crippen LogP contribution in [0.3, 0.4) is 0 Å². The Kier molecular flexibility index (Phi) is 7.12. The van der Waals surface area contributed by atoms with Crippen molar-refractivity contribution < 1.29 is 18.9 Å². The molecule has 4 heteroatoms. The Balaban J connectivity index is 2.14. The zero-order chi connectivity index (χ0) is 18.0. The zero-order valence-electron chi connectivity index (χ0n) is 16.8. The van der Waals surface area contributed by atoms with Crippen molar-refractivity contribution >= 4 is 0 Å². The lowest BCUT2D eigenvalue weighted by Gasteiger charge is -2.49. The van der Waals surface area contributed by atoms with E-state index in [9.17, 15) is 0 Å². The first kappa shape index (κ1) is 20.2. The molecule has 0 aromatic rings. The van der Waals surface area contributed by atoms with Crippen molar-refractivity contribution in [2.45, 2.75) is 98.1 Å². The van der Waals surface area contributed by atoms with Gasteiger partial charge in [0.05, 0.1) is 30.5 Å². The summed E-state index contributed by atoms with van der Waals surface area (Å²) in [6.45, 7) is 15.5. The van der Waals surface area contributed by atoms with Gasteiger partial charge in [-0.2, -0.15) is 0 Å². The summed E-state index contributed by atoms with van der Waals surface area (Å²) in [5.41, 5.74) is 0. The van der Waals surface area contributed by atoms with Crippen LogP contribution in [0.15, 0.2) is 0 Å². The van der Waals surface area contributed by atoms with E-state index in [2.05, 4.69) is 48.5 Å². The van der Waals surface area contributed by atoms with Crippen LogP contribution in [0.2, 0.25) is 0 Å². The van der Waals surface area contributed by atoms with Crippen LogP contribution in [0.1, 0.15) is 61.3 Å². The lowest BCUT2D eigenvalue weighted by atomic mass is 9.80. The van der Waals surface area contributed by atoms with Crippen LogP contribution in [-0.2, 0) is 18.9 Å². The standard InChI is InChI=1S/C20H38O4/c1-9-16-13(5)18(21-8)14(6)20(23-16)24-19-12(4)11(3)15(7)22-17(19)10-2/h11-20H,9-10H2,1-8H3/t11?,12-,13+,14?,15?,16?,17?,18+,19+,20+/m1/s1. The van der Waals surface area contributed by atoms with Gasteiger partial charge >= 0.3 is 0 Å². The number of hydrogen-bond acceptors (Lipinski definition) is 4. The predicted octanol–water partition coefficient (Wildman–Crippen LogP) is 4.26. The van der Waals surface area contributed by atoms with Crippen molar-refractivity contribution in [3.8, 4) is 0 Å². The molecule has 0 aliphatic carbocycles. The lowest BCUT2D eigenvalue weighted by Crippen LogP contribution is -2.55. The van der Waals surface area contributed by atoms with Gasteiger partial charge in [-0.3, -0.25) is 0 Å². The molecule has 5 unspecified atom stereocenters. The molecule has 24 heavy (non-hydrogen) atoms. The van der Waals surface area contributed by atoms with Crippen LogP contribution in [0.5, 0.6) is 0 Å². The van der Waals surface area contributed by atoms with E-state index in [1.807, 2.05) is 0 Å². The quantitative estimate of drug-likeness (QED) is 0.748. The largest absolute Gasteiger partial charge is 0.381 e. The molecule has 2 aliphatic rings. The Bertz CT molecular complexity index is 386. The van der Waals surface area contributed by atoms with Crippen LogP contribution in [0.4, 0.5) is 0 Å². The fourth-order valence-corrected chi connectivity index (χ4v) is 4.56. The Morgan fingerprint density at radius 3 is 1.88 bits per heavy atom. The summed E-state index contributed by atoms with van der Waals surface area (Å²) in [7, 11) is 1.80. The maximum atomic E-state index is 6.56. The summed E-state index contributed by atoms with van der Waals surface area (Å²) in [6, 6.07) is 0. The minimum Gasteiger partial charge on any atom is -0.381 e. The molecule has 2 aliphatic heterocycles. The molecule has 0 radical (unpaired) electrons. The topological polar surface area (TPSA) is 36.9 Å². The van der Waals surface area contributed by atoms with Crippen molar-refractivity contribution in [1.82, 2.24) is 0 Å². The summed E-state index contributed by atoms with van der Waals surface area (Å²) >= 11 is 0. The molecule has 2 heterocycles. The summed E-state index contributed by atoms with van der Waals surface area (Å²) in [4.78, 5) is 0. The van der Waals surface area contributed by atoms with Gasteiger partial charge in [0.15, 0.2) is 6.29 Å². The summed E-state index contributed by atoms with van der Waals surface area (Å²) in [6.07, 6.45) is 2.59. The molecular formula is C20H38O4. The van der Waals surface area contributed by atoms with Gasteiger partial charge in [0.25, 0.3) is 0 Å². The van der Waals surface area contributed by atoms with Crippen LogP contribution in [0.25, 0.3) is 0 Å². The summed E-state index contributed by atoms with van der Waals surface area (Å²) in [5, 5.41) is 0. The second-order valence-corrected chi connectivity index (χ2v) is 7.98. The van der Waals surface area contributed by atoms with E-state index in [0.29, 0.717) is 17.8 Å². The third-order valence-electron chi connectivity index (χ3n) is 6.57. The molecule has 0 N–H and O–H groups in total. The highest BCUT2D eigenvalue weighted by Gasteiger charge is 2.46. The van der Waals surface area contributed by atoms with Gasteiger partial charge in [-0.1, -0.05) is 41.5 Å². The average Bonchev–Trinajstić information content (AvgIpc) is 2.57.